The van der Waals surface area contributed by atoms with Gasteiger partial charge >= 0.3 is 7.82 Å². The maximum atomic E-state index is 11.1. The van der Waals surface area contributed by atoms with Crippen LogP contribution in [0.1, 0.15) is 26.7 Å². The molecule has 3 fully saturated rings. The summed E-state index contributed by atoms with van der Waals surface area (Å²) in [6.07, 6.45) is 1.17. The highest BCUT2D eigenvalue weighted by Crippen LogP contribution is 2.73. The molecule has 0 atom stereocenters. The van der Waals surface area contributed by atoms with Crippen molar-refractivity contribution in [2.75, 3.05) is 0 Å². The number of hydrogen-bond acceptors (Lipinski definition) is 4. The molecule has 3 saturated heterocycles. The molecule has 0 radical (unpaired) electrons. The molecule has 0 spiro atoms. The van der Waals surface area contributed by atoms with E-state index in [-0.39, 0.29) is 6.29 Å². The lowest BCUT2D eigenvalue weighted by atomic mass is 9.97. The van der Waals surface area contributed by atoms with Crippen molar-refractivity contribution in [3.8, 4) is 0 Å². The van der Waals surface area contributed by atoms with Crippen LogP contribution in [0.15, 0.2) is 0 Å². The molecule has 0 aliphatic carbocycles. The molecule has 5 heteroatoms. The minimum absolute atomic E-state index is 0.386. The third-order valence-electron chi connectivity index (χ3n) is 2.37. The molecule has 3 aliphatic rings. The highest BCUT2D eigenvalue weighted by Gasteiger charge is 2.66. The van der Waals surface area contributed by atoms with Crippen molar-refractivity contribution in [2.45, 2.75) is 38.6 Å². The predicted molar refractivity (Wildman–Crippen MR) is 38.0 cm³/mol. The van der Waals surface area contributed by atoms with Crippen molar-refractivity contribution in [2.24, 2.45) is 0 Å². The van der Waals surface area contributed by atoms with Gasteiger partial charge in [0.25, 0.3) is 0 Å². The molecule has 0 aromatic carbocycles. The summed E-state index contributed by atoms with van der Waals surface area (Å²) in [6.45, 7) is 3.95. The van der Waals surface area contributed by atoms with Crippen LogP contribution in [0.2, 0.25) is 0 Å². The Morgan fingerprint density at radius 3 is 2.09 bits per heavy atom. The molecular formula is C6H11O4P. The first-order valence-electron chi connectivity index (χ1n) is 3.82. The zero-order valence-corrected chi connectivity index (χ0v) is 7.47. The summed E-state index contributed by atoms with van der Waals surface area (Å²) in [5, 5.41) is 0. The summed E-state index contributed by atoms with van der Waals surface area (Å²) < 4.78 is 26.3. The molecule has 0 unspecified atom stereocenters. The van der Waals surface area contributed by atoms with E-state index in [0.717, 1.165) is 12.8 Å². The van der Waals surface area contributed by atoms with E-state index in [4.69, 9.17) is 13.6 Å². The van der Waals surface area contributed by atoms with E-state index in [9.17, 15) is 4.57 Å². The van der Waals surface area contributed by atoms with E-state index in [1.165, 1.54) is 0 Å². The summed E-state index contributed by atoms with van der Waals surface area (Å²) in [6, 6.07) is 0. The quantitative estimate of drug-likeness (QED) is 0.607. The van der Waals surface area contributed by atoms with Crippen LogP contribution in [0.3, 0.4) is 0 Å². The van der Waals surface area contributed by atoms with Crippen LogP contribution in [0.5, 0.6) is 0 Å². The van der Waals surface area contributed by atoms with Gasteiger partial charge in [0, 0.05) is 0 Å². The van der Waals surface area contributed by atoms with Gasteiger partial charge in [-0.25, -0.2) is 4.57 Å². The second-order valence-corrected chi connectivity index (χ2v) is 4.35. The van der Waals surface area contributed by atoms with Crippen molar-refractivity contribution in [1.29, 1.82) is 0 Å². The van der Waals surface area contributed by atoms with Gasteiger partial charge in [0.15, 0.2) is 0 Å². The molecule has 3 heterocycles. The Balaban J connectivity index is 2.24. The summed E-state index contributed by atoms with van der Waals surface area (Å²) in [7, 11) is -3.05. The third kappa shape index (κ3) is 0.842. The van der Waals surface area contributed by atoms with E-state index in [2.05, 4.69) is 0 Å². The highest BCUT2D eigenvalue weighted by atomic mass is 31.2. The Morgan fingerprint density at radius 1 is 1.36 bits per heavy atom. The Morgan fingerprint density at radius 2 is 1.91 bits per heavy atom. The topological polar surface area (TPSA) is 44.8 Å². The molecule has 3 aliphatic heterocycles. The van der Waals surface area contributed by atoms with E-state index in [1.807, 2.05) is 13.8 Å². The first-order valence-corrected chi connectivity index (χ1v) is 5.28. The number of phosphoric acid groups is 1. The second-order valence-electron chi connectivity index (χ2n) is 2.85. The van der Waals surface area contributed by atoms with Crippen molar-refractivity contribution in [3.63, 3.8) is 0 Å². The lowest BCUT2D eigenvalue weighted by Gasteiger charge is -2.26. The van der Waals surface area contributed by atoms with E-state index < -0.39 is 13.4 Å². The van der Waals surface area contributed by atoms with Gasteiger partial charge in [0.1, 0.15) is 5.60 Å². The predicted octanol–water partition coefficient (Wildman–Crippen LogP) is 2.06. The molecule has 0 aromatic rings. The van der Waals surface area contributed by atoms with Gasteiger partial charge in [-0.3, -0.25) is 13.6 Å². The lowest BCUT2D eigenvalue weighted by Crippen LogP contribution is -2.38. The lowest BCUT2D eigenvalue weighted by molar-refractivity contribution is -0.107. The minimum atomic E-state index is -3.05. The van der Waals surface area contributed by atoms with E-state index >= 15 is 0 Å². The standard InChI is InChI=1S/C6H11O4P/c1-3-6(4-2)5-8-11(7,9-5)10-6/h5H,3-4H2,1-2H3. The maximum absolute atomic E-state index is 11.1. The molecule has 64 valence electrons. The number of hydrogen-bond donors (Lipinski definition) is 0. The van der Waals surface area contributed by atoms with Crippen LogP contribution in [0, 0.1) is 0 Å². The van der Waals surface area contributed by atoms with Crippen molar-refractivity contribution in [1.82, 2.24) is 0 Å². The Labute approximate surface area is 65.4 Å². The molecule has 0 aromatic heterocycles. The van der Waals surface area contributed by atoms with Crippen LogP contribution >= 0.6 is 7.82 Å². The smallest absolute Gasteiger partial charge is 0.275 e. The van der Waals surface area contributed by atoms with Gasteiger partial charge in [0.2, 0.25) is 6.29 Å². The fourth-order valence-corrected chi connectivity index (χ4v) is 3.20. The average molecular weight is 178 g/mol. The fourth-order valence-electron chi connectivity index (χ4n) is 1.46. The maximum Gasteiger partial charge on any atom is 0.480 e. The van der Waals surface area contributed by atoms with Crippen LogP contribution < -0.4 is 0 Å². The number of phosphoric ester groups is 1. The van der Waals surface area contributed by atoms with E-state index in [0.29, 0.717) is 0 Å². The molecule has 11 heavy (non-hydrogen) atoms. The van der Waals surface area contributed by atoms with Crippen molar-refractivity contribution in [3.05, 3.63) is 0 Å². The first kappa shape index (κ1) is 7.74. The van der Waals surface area contributed by atoms with Crippen LogP contribution in [-0.4, -0.2) is 11.9 Å². The van der Waals surface area contributed by atoms with Gasteiger partial charge in [-0.1, -0.05) is 13.8 Å². The summed E-state index contributed by atoms with van der Waals surface area (Å²) in [5.41, 5.74) is -0.435. The average Bonchev–Trinajstić information content (AvgIpc) is 2.37. The zero-order chi connectivity index (χ0) is 8.11. The Hall–Kier alpha value is 0.110. The summed E-state index contributed by atoms with van der Waals surface area (Å²) in [4.78, 5) is 0. The van der Waals surface area contributed by atoms with Gasteiger partial charge in [-0.15, -0.1) is 0 Å². The fraction of sp³-hybridized carbons (Fsp3) is 1.00. The molecule has 4 nitrogen and oxygen atoms in total. The largest absolute Gasteiger partial charge is 0.480 e. The van der Waals surface area contributed by atoms with Gasteiger partial charge in [0.05, 0.1) is 0 Å². The normalized spacial score (nSPS) is 45.5. The minimum Gasteiger partial charge on any atom is -0.275 e. The molecule has 0 amide bonds. The van der Waals surface area contributed by atoms with Crippen molar-refractivity contribution < 1.29 is 18.1 Å². The van der Waals surface area contributed by atoms with Gasteiger partial charge in [-0.05, 0) is 12.8 Å². The molecule has 2 bridgehead atoms. The van der Waals surface area contributed by atoms with Crippen LogP contribution in [0.25, 0.3) is 0 Å². The Kier molecular flexibility index (Phi) is 1.46. The van der Waals surface area contributed by atoms with Crippen LogP contribution in [0.4, 0.5) is 0 Å². The third-order valence-corrected chi connectivity index (χ3v) is 3.86. The van der Waals surface area contributed by atoms with Crippen molar-refractivity contribution >= 4 is 7.82 Å². The molecule has 0 saturated carbocycles. The SMILES string of the molecule is CCC1(CC)OP2(=O)OC1O2. The monoisotopic (exact) mass is 178 g/mol. The second kappa shape index (κ2) is 2.07. The zero-order valence-electron chi connectivity index (χ0n) is 6.57. The highest BCUT2D eigenvalue weighted by molar-refractivity contribution is 7.50. The molecule has 3 rings (SSSR count). The van der Waals surface area contributed by atoms with E-state index in [1.54, 1.807) is 0 Å². The molecular weight excluding hydrogens is 167 g/mol. The van der Waals surface area contributed by atoms with Gasteiger partial charge < -0.3 is 0 Å². The Bertz CT molecular complexity index is 213. The molecule has 0 N–H and O–H groups in total. The number of rotatable bonds is 2. The summed E-state index contributed by atoms with van der Waals surface area (Å²) in [5.74, 6) is 0. The number of fused-ring (bicyclic) bond motifs is 1. The summed E-state index contributed by atoms with van der Waals surface area (Å²) >= 11 is 0. The van der Waals surface area contributed by atoms with Crippen LogP contribution in [-0.2, 0) is 18.1 Å². The first-order chi connectivity index (χ1) is 5.14. The van der Waals surface area contributed by atoms with Gasteiger partial charge in [-0.2, -0.15) is 0 Å².